The fraction of sp³-hybridized carbons (Fsp3) is 0.0980. The Morgan fingerprint density at radius 3 is 1.54 bits per heavy atom. The lowest BCUT2D eigenvalue weighted by atomic mass is 9.76. The van der Waals surface area contributed by atoms with Gasteiger partial charge in [0.25, 0.3) is 0 Å². The van der Waals surface area contributed by atoms with E-state index in [4.69, 9.17) is 4.42 Å². The highest BCUT2D eigenvalue weighted by molar-refractivity contribution is 6.06. The lowest BCUT2D eigenvalue weighted by Gasteiger charge is -2.31. The molecule has 258 valence electrons. The van der Waals surface area contributed by atoms with E-state index in [1.165, 1.54) is 50.1 Å². The maximum atomic E-state index is 6.24. The van der Waals surface area contributed by atoms with Crippen LogP contribution in [0.15, 0.2) is 186 Å². The number of hydrogen-bond acceptors (Lipinski definition) is 3. The quantitative estimate of drug-likeness (QED) is 0.173. The van der Waals surface area contributed by atoms with Crippen molar-refractivity contribution in [1.29, 1.82) is 0 Å². The molecule has 2 aliphatic carbocycles. The van der Waals surface area contributed by atoms with Gasteiger partial charge in [-0.05, 0) is 144 Å². The van der Waals surface area contributed by atoms with Crippen LogP contribution in [0.4, 0.5) is 34.1 Å². The maximum absolute atomic E-state index is 6.24. The predicted molar refractivity (Wildman–Crippen MR) is 224 cm³/mol. The molecule has 1 atom stereocenters. The fourth-order valence-electron chi connectivity index (χ4n) is 9.46. The van der Waals surface area contributed by atoms with Crippen LogP contribution in [-0.2, 0) is 18.3 Å². The van der Waals surface area contributed by atoms with Gasteiger partial charge in [-0.15, -0.1) is 0 Å². The Kier molecular flexibility index (Phi) is 7.03. The van der Waals surface area contributed by atoms with Gasteiger partial charge in [0.1, 0.15) is 11.2 Å². The van der Waals surface area contributed by atoms with Crippen LogP contribution in [0.1, 0.15) is 35.1 Å². The molecule has 0 saturated heterocycles. The first-order chi connectivity index (χ1) is 26.7. The summed E-state index contributed by atoms with van der Waals surface area (Å²) in [6.07, 6.45) is 4.43. The second-order valence-electron chi connectivity index (χ2n) is 14.9. The second kappa shape index (κ2) is 12.2. The number of rotatable bonds is 6. The molecule has 8 aromatic carbocycles. The largest absolute Gasteiger partial charge is 0.456 e. The highest BCUT2D eigenvalue weighted by atomic mass is 16.3. The van der Waals surface area contributed by atoms with Crippen LogP contribution >= 0.6 is 0 Å². The summed E-state index contributed by atoms with van der Waals surface area (Å²) in [5.74, 6) is 0. The Bertz CT molecular complexity index is 2850. The van der Waals surface area contributed by atoms with E-state index in [0.29, 0.717) is 0 Å². The lowest BCUT2D eigenvalue weighted by molar-refractivity contribution is 0.507. The van der Waals surface area contributed by atoms with E-state index in [0.717, 1.165) is 64.7 Å². The summed E-state index contributed by atoms with van der Waals surface area (Å²) in [6.45, 7) is 0. The van der Waals surface area contributed by atoms with Crippen molar-refractivity contribution in [2.45, 2.75) is 31.1 Å². The molecule has 1 heterocycles. The van der Waals surface area contributed by atoms with E-state index < -0.39 is 0 Å². The molecule has 0 aliphatic heterocycles. The standard InChI is InChI=1S/C51H38N2O/c1-3-13-39(14-4-1)52(41-22-19-35-11-7-8-12-38(35)31-41)43-23-20-36-27-29-51(47(36)33-43)30-28-37-21-24-44(34-48(37)51)53(40-15-5-2-6-16-40)42-25-26-50-46(32-42)45-17-9-10-18-49(45)54-50/h1-26,31-34H,27-30H2/t51-/m1/s1. The average Bonchev–Trinajstić information content (AvgIpc) is 3.92. The van der Waals surface area contributed by atoms with Gasteiger partial charge in [0.2, 0.25) is 0 Å². The van der Waals surface area contributed by atoms with Gasteiger partial charge in [0.05, 0.1) is 0 Å². The van der Waals surface area contributed by atoms with E-state index in [1.807, 2.05) is 6.07 Å². The van der Waals surface area contributed by atoms with Crippen LogP contribution in [0.2, 0.25) is 0 Å². The van der Waals surface area contributed by atoms with Gasteiger partial charge in [-0.2, -0.15) is 0 Å². The van der Waals surface area contributed by atoms with Gasteiger partial charge in [0.15, 0.2) is 0 Å². The number of aryl methyl sites for hydroxylation is 2. The minimum Gasteiger partial charge on any atom is -0.456 e. The van der Waals surface area contributed by atoms with Crippen LogP contribution in [0.25, 0.3) is 32.7 Å². The van der Waals surface area contributed by atoms with E-state index in [1.54, 1.807) is 0 Å². The van der Waals surface area contributed by atoms with Gasteiger partial charge >= 0.3 is 0 Å². The van der Waals surface area contributed by atoms with E-state index in [2.05, 4.69) is 186 Å². The molecule has 11 rings (SSSR count). The molecule has 1 aromatic heterocycles. The molecule has 2 aliphatic rings. The average molecular weight is 695 g/mol. The Morgan fingerprint density at radius 2 is 0.870 bits per heavy atom. The van der Waals surface area contributed by atoms with Crippen molar-refractivity contribution in [2.75, 3.05) is 9.80 Å². The first-order valence-electron chi connectivity index (χ1n) is 19.1. The zero-order valence-electron chi connectivity index (χ0n) is 30.0. The molecule has 0 unspecified atom stereocenters. The highest BCUT2D eigenvalue weighted by Crippen LogP contribution is 2.55. The van der Waals surface area contributed by atoms with Crippen molar-refractivity contribution in [3.63, 3.8) is 0 Å². The third kappa shape index (κ3) is 4.89. The molecule has 0 N–H and O–H groups in total. The number of benzene rings is 8. The molecule has 3 nitrogen and oxygen atoms in total. The summed E-state index contributed by atoms with van der Waals surface area (Å²) >= 11 is 0. The number of fused-ring (bicyclic) bond motifs is 8. The molecule has 54 heavy (non-hydrogen) atoms. The number of nitrogens with zero attached hydrogens (tertiary/aromatic N) is 2. The van der Waals surface area contributed by atoms with Crippen LogP contribution in [0.3, 0.4) is 0 Å². The number of furan rings is 1. The number of para-hydroxylation sites is 3. The van der Waals surface area contributed by atoms with Crippen LogP contribution in [-0.4, -0.2) is 0 Å². The first kappa shape index (κ1) is 31.0. The fourth-order valence-corrected chi connectivity index (χ4v) is 9.46. The summed E-state index contributed by atoms with van der Waals surface area (Å²) in [4.78, 5) is 4.84. The summed E-state index contributed by atoms with van der Waals surface area (Å²) in [5.41, 5.74) is 14.7. The molecule has 1 spiro atoms. The summed E-state index contributed by atoms with van der Waals surface area (Å²) in [5, 5.41) is 4.77. The third-order valence-electron chi connectivity index (χ3n) is 12.0. The maximum Gasteiger partial charge on any atom is 0.135 e. The molecule has 0 fully saturated rings. The Morgan fingerprint density at radius 1 is 0.370 bits per heavy atom. The van der Waals surface area contributed by atoms with Gasteiger partial charge < -0.3 is 14.2 Å². The Labute approximate surface area is 315 Å². The van der Waals surface area contributed by atoms with Crippen molar-refractivity contribution < 1.29 is 4.42 Å². The summed E-state index contributed by atoms with van der Waals surface area (Å²) in [7, 11) is 0. The zero-order chi connectivity index (χ0) is 35.6. The molecule has 9 aromatic rings. The van der Waals surface area contributed by atoms with Crippen molar-refractivity contribution in [3.05, 3.63) is 204 Å². The van der Waals surface area contributed by atoms with E-state index in [-0.39, 0.29) is 5.41 Å². The highest BCUT2D eigenvalue weighted by Gasteiger charge is 2.45. The topological polar surface area (TPSA) is 19.6 Å². The third-order valence-corrected chi connectivity index (χ3v) is 12.0. The van der Waals surface area contributed by atoms with Gasteiger partial charge in [-0.1, -0.05) is 97.1 Å². The summed E-state index contributed by atoms with van der Waals surface area (Å²) in [6, 6.07) is 66.5. The zero-order valence-corrected chi connectivity index (χ0v) is 30.0. The smallest absolute Gasteiger partial charge is 0.135 e. The molecule has 0 bridgehead atoms. The van der Waals surface area contributed by atoms with Crippen LogP contribution in [0, 0.1) is 0 Å². The van der Waals surface area contributed by atoms with Gasteiger partial charge in [-0.25, -0.2) is 0 Å². The lowest BCUT2D eigenvalue weighted by Crippen LogP contribution is -2.22. The van der Waals surface area contributed by atoms with E-state index in [9.17, 15) is 0 Å². The molecular formula is C51H38N2O. The van der Waals surface area contributed by atoms with Crippen LogP contribution < -0.4 is 9.80 Å². The Balaban J connectivity index is 1.05. The molecule has 0 saturated carbocycles. The first-order valence-corrected chi connectivity index (χ1v) is 19.1. The minimum absolute atomic E-state index is 0.0322. The molecule has 0 amide bonds. The predicted octanol–water partition coefficient (Wildman–Crippen LogP) is 13.9. The second-order valence-corrected chi connectivity index (χ2v) is 14.9. The van der Waals surface area contributed by atoms with E-state index >= 15 is 0 Å². The molecule has 3 heteroatoms. The molecule has 0 radical (unpaired) electrons. The van der Waals surface area contributed by atoms with Crippen molar-refractivity contribution in [1.82, 2.24) is 0 Å². The van der Waals surface area contributed by atoms with Crippen LogP contribution in [0.5, 0.6) is 0 Å². The number of hydrogen-bond donors (Lipinski definition) is 0. The van der Waals surface area contributed by atoms with Crippen molar-refractivity contribution >= 4 is 66.8 Å². The van der Waals surface area contributed by atoms with Crippen molar-refractivity contribution in [2.24, 2.45) is 0 Å². The summed E-state index contributed by atoms with van der Waals surface area (Å²) < 4.78 is 6.24. The number of anilines is 6. The van der Waals surface area contributed by atoms with Gasteiger partial charge in [-0.3, -0.25) is 0 Å². The monoisotopic (exact) mass is 694 g/mol. The van der Waals surface area contributed by atoms with Crippen molar-refractivity contribution in [3.8, 4) is 0 Å². The molecular weight excluding hydrogens is 657 g/mol. The van der Waals surface area contributed by atoms with Gasteiger partial charge in [0, 0.05) is 50.3 Å². The minimum atomic E-state index is -0.0322. The normalized spacial score (nSPS) is 15.9. The SMILES string of the molecule is c1ccc(N(c2ccc3c(c2)[C@@]2(CC3)CCc3ccc(N(c4ccccc4)c4ccc5oc6ccccc6c5c4)cc32)c2ccc3ccccc3c2)cc1. The Hall–Kier alpha value is -6.58.